The fraction of sp³-hybridized carbons (Fsp3) is 0. The first-order valence-corrected chi connectivity index (χ1v) is 6.03. The van der Waals surface area contributed by atoms with E-state index in [4.69, 9.17) is 0 Å². The van der Waals surface area contributed by atoms with Crippen molar-refractivity contribution in [3.05, 3.63) is 54.4 Å². The average molecular weight is 239 g/mol. The molecular weight excluding hydrogens is 230 g/mol. The van der Waals surface area contributed by atoms with Crippen LogP contribution in [0.4, 0.5) is 5.13 Å². The quantitative estimate of drug-likeness (QED) is 0.642. The van der Waals surface area contributed by atoms with E-state index in [1.165, 1.54) is 0 Å². The van der Waals surface area contributed by atoms with Crippen molar-refractivity contribution in [2.24, 2.45) is 4.99 Å². The second kappa shape index (κ2) is 4.43. The topological polar surface area (TPSA) is 38.1 Å². The lowest BCUT2D eigenvalue weighted by Gasteiger charge is -1.87. The van der Waals surface area contributed by atoms with Crippen molar-refractivity contribution in [3.8, 4) is 0 Å². The molecule has 4 heteroatoms. The monoisotopic (exact) mass is 239 g/mol. The molecule has 0 unspecified atom stereocenters. The Morgan fingerprint density at radius 2 is 2.06 bits per heavy atom. The number of aliphatic imine (C=N–C) groups is 1. The molecule has 0 bridgehead atoms. The summed E-state index contributed by atoms with van der Waals surface area (Å²) in [6, 6.07) is 11.9. The van der Waals surface area contributed by atoms with Crippen molar-refractivity contribution in [2.75, 3.05) is 0 Å². The lowest BCUT2D eigenvalue weighted by Crippen LogP contribution is -1.80. The number of para-hydroxylation sites is 1. The second-order valence-corrected chi connectivity index (χ2v) is 4.52. The van der Waals surface area contributed by atoms with Gasteiger partial charge >= 0.3 is 0 Å². The summed E-state index contributed by atoms with van der Waals surface area (Å²) in [6.07, 6.45) is 5.30. The zero-order chi connectivity index (χ0) is 11.5. The first kappa shape index (κ1) is 10.1. The van der Waals surface area contributed by atoms with Crippen LogP contribution >= 0.6 is 11.3 Å². The SMILES string of the molecule is C(=Nc1nc2ccccc2s1)c1cccnc1. The number of aromatic nitrogens is 2. The Bertz CT molecular complexity index is 625. The smallest absolute Gasteiger partial charge is 0.210 e. The number of fused-ring (bicyclic) bond motifs is 1. The second-order valence-electron chi connectivity index (χ2n) is 3.51. The minimum atomic E-state index is 0.773. The summed E-state index contributed by atoms with van der Waals surface area (Å²) in [5.74, 6) is 0. The number of hydrogen-bond donors (Lipinski definition) is 0. The number of thiazole rings is 1. The fourth-order valence-electron chi connectivity index (χ4n) is 1.50. The highest BCUT2D eigenvalue weighted by Crippen LogP contribution is 2.27. The lowest BCUT2D eigenvalue weighted by atomic mass is 10.3. The van der Waals surface area contributed by atoms with Crippen molar-refractivity contribution in [2.45, 2.75) is 0 Å². The van der Waals surface area contributed by atoms with Gasteiger partial charge in [0.15, 0.2) is 0 Å². The molecule has 0 aliphatic carbocycles. The van der Waals surface area contributed by atoms with Crippen LogP contribution in [-0.2, 0) is 0 Å². The van der Waals surface area contributed by atoms with Gasteiger partial charge < -0.3 is 0 Å². The van der Waals surface area contributed by atoms with E-state index in [1.54, 1.807) is 29.9 Å². The number of benzene rings is 1. The summed E-state index contributed by atoms with van der Waals surface area (Å²) in [5, 5.41) is 0.773. The molecule has 3 rings (SSSR count). The van der Waals surface area contributed by atoms with Gasteiger partial charge in [-0.2, -0.15) is 0 Å². The van der Waals surface area contributed by atoms with E-state index in [9.17, 15) is 0 Å². The van der Waals surface area contributed by atoms with Gasteiger partial charge in [-0.25, -0.2) is 9.98 Å². The molecule has 0 spiro atoms. The third-order valence-electron chi connectivity index (χ3n) is 2.29. The van der Waals surface area contributed by atoms with Crippen molar-refractivity contribution < 1.29 is 0 Å². The molecule has 0 saturated carbocycles. The normalized spacial score (nSPS) is 11.3. The summed E-state index contributed by atoms with van der Waals surface area (Å²) >= 11 is 1.59. The Morgan fingerprint density at radius 3 is 2.88 bits per heavy atom. The molecule has 0 saturated heterocycles. The fourth-order valence-corrected chi connectivity index (χ4v) is 2.31. The molecular formula is C13H9N3S. The Hall–Kier alpha value is -2.07. The molecule has 0 radical (unpaired) electrons. The third kappa shape index (κ3) is 2.21. The summed E-state index contributed by atoms with van der Waals surface area (Å²) in [6.45, 7) is 0. The number of nitrogens with zero attached hydrogens (tertiary/aromatic N) is 3. The minimum Gasteiger partial charge on any atom is -0.264 e. The maximum Gasteiger partial charge on any atom is 0.210 e. The van der Waals surface area contributed by atoms with Gasteiger partial charge in [0.2, 0.25) is 5.13 Å². The van der Waals surface area contributed by atoms with Crippen molar-refractivity contribution in [1.82, 2.24) is 9.97 Å². The van der Waals surface area contributed by atoms with Crippen LogP contribution in [0.25, 0.3) is 10.2 Å². The minimum absolute atomic E-state index is 0.773. The highest BCUT2D eigenvalue weighted by atomic mass is 32.1. The van der Waals surface area contributed by atoms with Crippen molar-refractivity contribution in [3.63, 3.8) is 0 Å². The summed E-state index contributed by atoms with van der Waals surface area (Å²) < 4.78 is 1.16. The van der Waals surface area contributed by atoms with Crippen LogP contribution in [0, 0.1) is 0 Å². The average Bonchev–Trinajstić information content (AvgIpc) is 2.80. The molecule has 0 N–H and O–H groups in total. The largest absolute Gasteiger partial charge is 0.264 e. The number of pyridine rings is 1. The molecule has 0 aliphatic rings. The first-order valence-electron chi connectivity index (χ1n) is 5.21. The van der Waals surface area contributed by atoms with Gasteiger partial charge in [0.1, 0.15) is 0 Å². The zero-order valence-electron chi connectivity index (χ0n) is 8.95. The highest BCUT2D eigenvalue weighted by molar-refractivity contribution is 7.22. The van der Waals surface area contributed by atoms with Crippen LogP contribution in [0.2, 0.25) is 0 Å². The predicted molar refractivity (Wildman–Crippen MR) is 71.1 cm³/mol. The highest BCUT2D eigenvalue weighted by Gasteiger charge is 1.99. The summed E-state index contributed by atoms with van der Waals surface area (Å²) in [5.41, 5.74) is 1.97. The van der Waals surface area contributed by atoms with Gasteiger partial charge in [-0.1, -0.05) is 29.5 Å². The van der Waals surface area contributed by atoms with E-state index >= 15 is 0 Å². The van der Waals surface area contributed by atoms with Gasteiger partial charge in [0.25, 0.3) is 0 Å². The maximum atomic E-state index is 4.43. The van der Waals surface area contributed by atoms with Gasteiger partial charge in [-0.05, 0) is 18.2 Å². The zero-order valence-corrected chi connectivity index (χ0v) is 9.76. The van der Waals surface area contributed by atoms with Gasteiger partial charge in [-0.3, -0.25) is 4.98 Å². The Balaban J connectivity index is 1.92. The van der Waals surface area contributed by atoms with Crippen molar-refractivity contribution >= 4 is 32.9 Å². The molecule has 3 aromatic rings. The summed E-state index contributed by atoms with van der Waals surface area (Å²) in [4.78, 5) is 12.8. The summed E-state index contributed by atoms with van der Waals surface area (Å²) in [7, 11) is 0. The first-order chi connectivity index (χ1) is 8.42. The molecule has 82 valence electrons. The van der Waals surface area contributed by atoms with Gasteiger partial charge in [0, 0.05) is 24.2 Å². The molecule has 0 aliphatic heterocycles. The standard InChI is InChI=1S/C13H9N3S/c1-2-6-12-11(5-1)16-13(17-12)15-9-10-4-3-7-14-8-10/h1-9H. The molecule has 0 fully saturated rings. The van der Waals surface area contributed by atoms with Gasteiger partial charge in [0.05, 0.1) is 10.2 Å². The Morgan fingerprint density at radius 1 is 1.12 bits per heavy atom. The molecule has 1 aromatic carbocycles. The molecule has 2 aromatic heterocycles. The van der Waals surface area contributed by atoms with E-state index in [-0.39, 0.29) is 0 Å². The van der Waals surface area contributed by atoms with E-state index in [2.05, 4.69) is 21.0 Å². The van der Waals surface area contributed by atoms with Crippen LogP contribution in [0.5, 0.6) is 0 Å². The molecule has 17 heavy (non-hydrogen) atoms. The van der Waals surface area contributed by atoms with Crippen LogP contribution < -0.4 is 0 Å². The van der Waals surface area contributed by atoms with Gasteiger partial charge in [-0.15, -0.1) is 0 Å². The Kier molecular flexibility index (Phi) is 2.63. The van der Waals surface area contributed by atoms with Crippen LogP contribution in [-0.4, -0.2) is 16.2 Å². The van der Waals surface area contributed by atoms with E-state index in [1.807, 2.05) is 30.3 Å². The van der Waals surface area contributed by atoms with Crippen LogP contribution in [0.3, 0.4) is 0 Å². The van der Waals surface area contributed by atoms with E-state index in [0.717, 1.165) is 20.9 Å². The molecule has 2 heterocycles. The maximum absolute atomic E-state index is 4.43. The number of rotatable bonds is 2. The Labute approximate surface area is 103 Å². The van der Waals surface area contributed by atoms with E-state index in [0.29, 0.717) is 0 Å². The number of hydrogen-bond acceptors (Lipinski definition) is 4. The van der Waals surface area contributed by atoms with Crippen LogP contribution in [0.1, 0.15) is 5.56 Å². The lowest BCUT2D eigenvalue weighted by molar-refractivity contribution is 1.32. The van der Waals surface area contributed by atoms with E-state index < -0.39 is 0 Å². The van der Waals surface area contributed by atoms with Crippen molar-refractivity contribution in [1.29, 1.82) is 0 Å². The van der Waals surface area contributed by atoms with Crippen LogP contribution in [0.15, 0.2) is 53.8 Å². The molecule has 0 atom stereocenters. The molecule has 0 amide bonds. The molecule has 3 nitrogen and oxygen atoms in total. The predicted octanol–water partition coefficient (Wildman–Crippen LogP) is 3.44. The third-order valence-corrected chi connectivity index (χ3v) is 3.24.